The lowest BCUT2D eigenvalue weighted by molar-refractivity contribution is 0.310. The predicted molar refractivity (Wildman–Crippen MR) is 104 cm³/mol. The summed E-state index contributed by atoms with van der Waals surface area (Å²) in [6.45, 7) is 0.602. The minimum absolute atomic E-state index is 0.0766. The van der Waals surface area contributed by atoms with Crippen molar-refractivity contribution in [3.63, 3.8) is 0 Å². The molecule has 2 aromatic carbocycles. The standard InChI is InChI=1S/C19H19N5O3/c1-23-16-15(17(26)22-19(23)27)24(18(21-16)20-9-10-25)11-13-7-4-6-12-5-2-3-8-14(12)13/h2-8,25H,9-11H2,1H3,(H,20,21)(H,22,26,27). The highest BCUT2D eigenvalue weighted by molar-refractivity contribution is 5.86. The van der Waals surface area contributed by atoms with Crippen LogP contribution in [-0.2, 0) is 13.6 Å². The van der Waals surface area contributed by atoms with Crippen LogP contribution in [0.2, 0.25) is 0 Å². The van der Waals surface area contributed by atoms with Crippen LogP contribution in [0.1, 0.15) is 5.56 Å². The number of imidazole rings is 1. The largest absolute Gasteiger partial charge is 0.395 e. The summed E-state index contributed by atoms with van der Waals surface area (Å²) in [5, 5.41) is 14.4. The van der Waals surface area contributed by atoms with Gasteiger partial charge >= 0.3 is 5.69 Å². The molecule has 2 aromatic heterocycles. The van der Waals surface area contributed by atoms with Crippen molar-refractivity contribution >= 4 is 27.9 Å². The van der Waals surface area contributed by atoms with Crippen molar-refractivity contribution in [2.45, 2.75) is 6.54 Å². The Bertz CT molecular complexity index is 1250. The molecule has 0 aliphatic rings. The van der Waals surface area contributed by atoms with Crippen LogP contribution < -0.4 is 16.6 Å². The maximum Gasteiger partial charge on any atom is 0.329 e. The summed E-state index contributed by atoms with van der Waals surface area (Å²) in [5.74, 6) is 0.429. The van der Waals surface area contributed by atoms with E-state index in [0.29, 0.717) is 23.7 Å². The molecule has 0 aliphatic carbocycles. The zero-order valence-corrected chi connectivity index (χ0v) is 14.8. The number of rotatable bonds is 5. The van der Waals surface area contributed by atoms with Crippen LogP contribution in [-0.4, -0.2) is 37.4 Å². The Morgan fingerprint density at radius 1 is 1.15 bits per heavy atom. The Labute approximate surface area is 153 Å². The van der Waals surface area contributed by atoms with Crippen molar-refractivity contribution in [3.8, 4) is 0 Å². The molecule has 4 rings (SSSR count). The number of hydrogen-bond acceptors (Lipinski definition) is 5. The molecule has 4 aromatic rings. The molecular formula is C19H19N5O3. The molecule has 0 fully saturated rings. The molecule has 8 heteroatoms. The number of hydrogen-bond donors (Lipinski definition) is 3. The van der Waals surface area contributed by atoms with Gasteiger partial charge < -0.3 is 10.4 Å². The molecule has 0 atom stereocenters. The summed E-state index contributed by atoms with van der Waals surface area (Å²) in [4.78, 5) is 31.2. The third kappa shape index (κ3) is 2.89. The quantitative estimate of drug-likeness (QED) is 0.490. The van der Waals surface area contributed by atoms with Crippen molar-refractivity contribution < 1.29 is 5.11 Å². The highest BCUT2D eigenvalue weighted by Crippen LogP contribution is 2.23. The third-order valence-electron chi connectivity index (χ3n) is 4.61. The lowest BCUT2D eigenvalue weighted by atomic mass is 10.0. The van der Waals surface area contributed by atoms with Crippen LogP contribution in [0.3, 0.4) is 0 Å². The van der Waals surface area contributed by atoms with E-state index in [1.807, 2.05) is 42.5 Å². The van der Waals surface area contributed by atoms with Crippen molar-refractivity contribution in [3.05, 3.63) is 68.9 Å². The maximum absolute atomic E-state index is 12.5. The number of benzene rings is 2. The van der Waals surface area contributed by atoms with Gasteiger partial charge in [0.15, 0.2) is 11.2 Å². The SMILES string of the molecule is Cn1c(=O)[nH]c(=O)c2c1nc(NCCO)n2Cc1cccc2ccccc12. The fraction of sp³-hybridized carbons (Fsp3) is 0.211. The van der Waals surface area contributed by atoms with E-state index in [-0.39, 0.29) is 13.2 Å². The van der Waals surface area contributed by atoms with E-state index < -0.39 is 11.2 Å². The first-order valence-corrected chi connectivity index (χ1v) is 8.61. The lowest BCUT2D eigenvalue weighted by Gasteiger charge is -2.12. The van der Waals surface area contributed by atoms with Gasteiger partial charge in [0, 0.05) is 13.6 Å². The summed E-state index contributed by atoms with van der Waals surface area (Å²) in [7, 11) is 1.56. The smallest absolute Gasteiger partial charge is 0.329 e. The molecule has 0 aliphatic heterocycles. The zero-order valence-electron chi connectivity index (χ0n) is 14.8. The number of aliphatic hydroxyl groups excluding tert-OH is 1. The normalized spacial score (nSPS) is 11.3. The number of aliphatic hydroxyl groups is 1. The number of aromatic nitrogens is 4. The zero-order chi connectivity index (χ0) is 19.0. The van der Waals surface area contributed by atoms with Crippen LogP contribution in [0.5, 0.6) is 0 Å². The lowest BCUT2D eigenvalue weighted by Crippen LogP contribution is -2.29. The molecule has 0 saturated carbocycles. The van der Waals surface area contributed by atoms with Gasteiger partial charge in [0.05, 0.1) is 13.2 Å². The van der Waals surface area contributed by atoms with E-state index in [1.54, 1.807) is 11.6 Å². The van der Waals surface area contributed by atoms with Crippen LogP contribution in [0, 0.1) is 0 Å². The summed E-state index contributed by atoms with van der Waals surface area (Å²) >= 11 is 0. The Morgan fingerprint density at radius 2 is 1.93 bits per heavy atom. The van der Waals surface area contributed by atoms with Gasteiger partial charge in [0.25, 0.3) is 5.56 Å². The molecule has 2 heterocycles. The molecule has 0 saturated heterocycles. The summed E-state index contributed by atoms with van der Waals surface area (Å²) in [6, 6.07) is 14.0. The Morgan fingerprint density at radius 3 is 2.74 bits per heavy atom. The third-order valence-corrected chi connectivity index (χ3v) is 4.61. The Kier molecular flexibility index (Phi) is 4.25. The number of aryl methyl sites for hydroxylation is 1. The van der Waals surface area contributed by atoms with E-state index in [1.165, 1.54) is 4.57 Å². The number of aromatic amines is 1. The van der Waals surface area contributed by atoms with Crippen molar-refractivity contribution in [2.75, 3.05) is 18.5 Å². The predicted octanol–water partition coefficient (Wildman–Crippen LogP) is 1.03. The Balaban J connectivity index is 1.95. The van der Waals surface area contributed by atoms with Crippen molar-refractivity contribution in [2.24, 2.45) is 7.05 Å². The van der Waals surface area contributed by atoms with Crippen LogP contribution in [0.25, 0.3) is 21.9 Å². The van der Waals surface area contributed by atoms with E-state index in [9.17, 15) is 9.59 Å². The first-order valence-electron chi connectivity index (χ1n) is 8.61. The number of H-pyrrole nitrogens is 1. The minimum Gasteiger partial charge on any atom is -0.395 e. The highest BCUT2D eigenvalue weighted by Gasteiger charge is 2.18. The number of nitrogens with one attached hydrogen (secondary N) is 2. The molecule has 0 spiro atoms. The van der Waals surface area contributed by atoms with Gasteiger partial charge in [0.2, 0.25) is 5.95 Å². The summed E-state index contributed by atoms with van der Waals surface area (Å²) in [5.41, 5.74) is 0.622. The summed E-state index contributed by atoms with van der Waals surface area (Å²) < 4.78 is 3.05. The highest BCUT2D eigenvalue weighted by atomic mass is 16.3. The minimum atomic E-state index is -0.518. The number of fused-ring (bicyclic) bond motifs is 2. The van der Waals surface area contributed by atoms with Gasteiger partial charge in [-0.2, -0.15) is 4.98 Å². The second kappa shape index (κ2) is 6.73. The van der Waals surface area contributed by atoms with Gasteiger partial charge in [-0.1, -0.05) is 42.5 Å². The topological polar surface area (TPSA) is 105 Å². The van der Waals surface area contributed by atoms with Crippen LogP contribution >= 0.6 is 0 Å². The molecule has 0 radical (unpaired) electrons. The van der Waals surface area contributed by atoms with E-state index in [4.69, 9.17) is 5.11 Å². The molecular weight excluding hydrogens is 346 g/mol. The van der Waals surface area contributed by atoms with Gasteiger partial charge in [-0.3, -0.25) is 18.9 Å². The summed E-state index contributed by atoms with van der Waals surface area (Å²) in [6.07, 6.45) is 0. The molecule has 138 valence electrons. The molecule has 27 heavy (non-hydrogen) atoms. The van der Waals surface area contributed by atoms with Crippen molar-refractivity contribution in [1.82, 2.24) is 19.1 Å². The second-order valence-electron chi connectivity index (χ2n) is 6.30. The monoisotopic (exact) mass is 365 g/mol. The van der Waals surface area contributed by atoms with Gasteiger partial charge in [-0.05, 0) is 16.3 Å². The average molecular weight is 365 g/mol. The van der Waals surface area contributed by atoms with Gasteiger partial charge in [0.1, 0.15) is 0 Å². The first kappa shape index (κ1) is 17.0. The maximum atomic E-state index is 12.5. The van der Waals surface area contributed by atoms with E-state index >= 15 is 0 Å². The number of anilines is 1. The average Bonchev–Trinajstić information content (AvgIpc) is 3.04. The van der Waals surface area contributed by atoms with E-state index in [2.05, 4.69) is 15.3 Å². The Hall–Kier alpha value is -3.39. The van der Waals surface area contributed by atoms with Gasteiger partial charge in [-0.25, -0.2) is 4.79 Å². The molecule has 8 nitrogen and oxygen atoms in total. The molecule has 0 unspecified atom stereocenters. The van der Waals surface area contributed by atoms with Crippen molar-refractivity contribution in [1.29, 1.82) is 0 Å². The molecule has 3 N–H and O–H groups in total. The molecule has 0 amide bonds. The van der Waals surface area contributed by atoms with Crippen LogP contribution in [0.15, 0.2) is 52.1 Å². The fourth-order valence-corrected chi connectivity index (χ4v) is 3.29. The van der Waals surface area contributed by atoms with E-state index in [0.717, 1.165) is 16.3 Å². The second-order valence-corrected chi connectivity index (χ2v) is 6.30. The first-order chi connectivity index (χ1) is 13.1. The molecule has 0 bridgehead atoms. The van der Waals surface area contributed by atoms with Gasteiger partial charge in [-0.15, -0.1) is 0 Å². The number of nitrogens with zero attached hydrogens (tertiary/aromatic N) is 3. The fourth-order valence-electron chi connectivity index (χ4n) is 3.29. The van der Waals surface area contributed by atoms with Crippen LogP contribution in [0.4, 0.5) is 5.95 Å².